The van der Waals surface area contributed by atoms with Crippen molar-refractivity contribution >= 4 is 58.1 Å². The molecule has 1 aliphatic heterocycles. The molecule has 37 heavy (non-hydrogen) atoms. The van der Waals surface area contributed by atoms with Crippen LogP contribution in [0.4, 0.5) is 17.1 Å². The van der Waals surface area contributed by atoms with Crippen LogP contribution in [0.15, 0.2) is 83.5 Å². The van der Waals surface area contributed by atoms with Gasteiger partial charge in [0.1, 0.15) is 10.7 Å². The van der Waals surface area contributed by atoms with Gasteiger partial charge in [0.25, 0.3) is 17.7 Å². The summed E-state index contributed by atoms with van der Waals surface area (Å²) in [4.78, 5) is 62.6. The first-order valence-electron chi connectivity index (χ1n) is 11.0. The smallest absolute Gasteiger partial charge is 0.337 e. The molecular weight excluding hydrogens is 498 g/mol. The molecule has 0 saturated heterocycles. The molecule has 186 valence electrons. The lowest BCUT2D eigenvalue weighted by Gasteiger charge is -2.16. The van der Waals surface area contributed by atoms with Gasteiger partial charge >= 0.3 is 5.97 Å². The molecule has 4 rings (SSSR count). The second-order valence-electron chi connectivity index (χ2n) is 7.97. The van der Waals surface area contributed by atoms with Gasteiger partial charge in [-0.15, -0.1) is 0 Å². The highest BCUT2D eigenvalue weighted by Gasteiger charge is 2.39. The number of ether oxygens (including phenoxy) is 1. The first-order valence-corrected chi connectivity index (χ1v) is 11.3. The number of halogens is 1. The highest BCUT2D eigenvalue weighted by molar-refractivity contribution is 6.53. The van der Waals surface area contributed by atoms with E-state index in [1.807, 2.05) is 0 Å². The van der Waals surface area contributed by atoms with Crippen LogP contribution < -0.4 is 15.5 Å². The van der Waals surface area contributed by atoms with Crippen LogP contribution >= 0.6 is 11.6 Å². The Morgan fingerprint density at radius 2 is 1.49 bits per heavy atom. The zero-order valence-electron chi connectivity index (χ0n) is 19.7. The van der Waals surface area contributed by atoms with Crippen LogP contribution in [-0.2, 0) is 14.3 Å². The fourth-order valence-electron chi connectivity index (χ4n) is 3.60. The first-order chi connectivity index (χ1) is 17.7. The highest BCUT2D eigenvalue weighted by atomic mass is 35.5. The van der Waals surface area contributed by atoms with Crippen LogP contribution in [0.2, 0.25) is 0 Å². The zero-order chi connectivity index (χ0) is 26.7. The Morgan fingerprint density at radius 3 is 2.16 bits per heavy atom. The summed E-state index contributed by atoms with van der Waals surface area (Å²) in [5.74, 6) is -2.58. The van der Waals surface area contributed by atoms with Gasteiger partial charge in [-0.25, -0.2) is 9.69 Å². The van der Waals surface area contributed by atoms with Crippen LogP contribution in [0.25, 0.3) is 0 Å². The monoisotopic (exact) mass is 517 g/mol. The predicted molar refractivity (Wildman–Crippen MR) is 138 cm³/mol. The highest BCUT2D eigenvalue weighted by Crippen LogP contribution is 2.30. The normalized spacial score (nSPS) is 13.0. The van der Waals surface area contributed by atoms with Crippen molar-refractivity contribution in [3.8, 4) is 0 Å². The van der Waals surface area contributed by atoms with Gasteiger partial charge < -0.3 is 15.4 Å². The van der Waals surface area contributed by atoms with Crippen molar-refractivity contribution in [2.75, 3.05) is 22.6 Å². The number of anilines is 3. The number of nitrogens with zero attached hydrogens (tertiary/aromatic N) is 1. The van der Waals surface area contributed by atoms with Gasteiger partial charge in [0.15, 0.2) is 5.78 Å². The van der Waals surface area contributed by atoms with Crippen molar-refractivity contribution in [3.63, 3.8) is 0 Å². The van der Waals surface area contributed by atoms with Crippen LogP contribution in [0.1, 0.15) is 38.0 Å². The molecule has 10 heteroatoms. The average Bonchev–Trinajstić information content (AvgIpc) is 3.11. The van der Waals surface area contributed by atoms with E-state index in [-0.39, 0.29) is 27.8 Å². The lowest BCUT2D eigenvalue weighted by atomic mass is 10.1. The predicted octanol–water partition coefficient (Wildman–Crippen LogP) is 4.36. The standard InChI is InChI=1S/C27H20ClN3O6/c1-15(32)17-5-3-7-20(13-17)30-24(33)16-9-11-19(12-10-16)29-23-22(28)25(34)31(26(23)35)21-8-4-6-18(14-21)27(36)37-2/h3-14,29H,1-2H3,(H,30,33). The molecule has 0 radical (unpaired) electrons. The van der Waals surface area contributed by atoms with Gasteiger partial charge in [0.2, 0.25) is 0 Å². The summed E-state index contributed by atoms with van der Waals surface area (Å²) in [5.41, 5.74) is 1.87. The average molecular weight is 518 g/mol. The molecule has 0 saturated carbocycles. The minimum atomic E-state index is -0.750. The minimum Gasteiger partial charge on any atom is -0.465 e. The van der Waals surface area contributed by atoms with E-state index in [1.165, 1.54) is 50.4 Å². The van der Waals surface area contributed by atoms with E-state index in [0.29, 0.717) is 22.5 Å². The van der Waals surface area contributed by atoms with Gasteiger partial charge in [0.05, 0.1) is 18.4 Å². The molecule has 3 amide bonds. The number of carbonyl (C=O) groups excluding carboxylic acids is 5. The summed E-state index contributed by atoms with van der Waals surface area (Å²) in [6.07, 6.45) is 0. The van der Waals surface area contributed by atoms with Crippen molar-refractivity contribution < 1.29 is 28.7 Å². The SMILES string of the molecule is COC(=O)c1cccc(N2C(=O)C(Cl)=C(Nc3ccc(C(=O)Nc4cccc(C(C)=O)c4)cc3)C2=O)c1. The molecule has 0 aromatic heterocycles. The molecule has 0 fully saturated rings. The van der Waals surface area contributed by atoms with E-state index in [1.54, 1.807) is 36.4 Å². The van der Waals surface area contributed by atoms with E-state index in [9.17, 15) is 24.0 Å². The van der Waals surface area contributed by atoms with Crippen LogP contribution in [0.5, 0.6) is 0 Å². The van der Waals surface area contributed by atoms with Gasteiger partial charge in [0, 0.05) is 22.5 Å². The topological polar surface area (TPSA) is 122 Å². The Kier molecular flexibility index (Phi) is 7.17. The second-order valence-corrected chi connectivity index (χ2v) is 8.35. The van der Waals surface area contributed by atoms with Gasteiger partial charge in [-0.2, -0.15) is 0 Å². The number of Topliss-reactive ketones (excluding diaryl/α,β-unsaturated/α-hetero) is 1. The van der Waals surface area contributed by atoms with Crippen LogP contribution in [0, 0.1) is 0 Å². The van der Waals surface area contributed by atoms with Gasteiger partial charge in [-0.3, -0.25) is 19.2 Å². The second kappa shape index (κ2) is 10.5. The van der Waals surface area contributed by atoms with Crippen molar-refractivity contribution in [2.45, 2.75) is 6.92 Å². The molecule has 0 bridgehead atoms. The zero-order valence-corrected chi connectivity index (χ0v) is 20.5. The Hall–Kier alpha value is -4.76. The lowest BCUT2D eigenvalue weighted by Crippen LogP contribution is -2.32. The first kappa shape index (κ1) is 25.3. The number of esters is 1. The van der Waals surface area contributed by atoms with Gasteiger partial charge in [-0.1, -0.05) is 29.8 Å². The number of rotatable bonds is 7. The number of benzene rings is 3. The number of methoxy groups -OCH3 is 1. The molecular formula is C27H20ClN3O6. The molecule has 1 heterocycles. The summed E-state index contributed by atoms with van der Waals surface area (Å²) >= 11 is 6.18. The fraction of sp³-hybridized carbons (Fsp3) is 0.0741. The Bertz CT molecular complexity index is 1480. The number of hydrogen-bond donors (Lipinski definition) is 2. The summed E-state index contributed by atoms with van der Waals surface area (Å²) in [6, 6.07) is 18.6. The lowest BCUT2D eigenvalue weighted by molar-refractivity contribution is -0.120. The fourth-order valence-corrected chi connectivity index (χ4v) is 3.82. The molecule has 2 N–H and O–H groups in total. The summed E-state index contributed by atoms with van der Waals surface area (Å²) < 4.78 is 4.68. The Balaban J connectivity index is 1.48. The largest absolute Gasteiger partial charge is 0.465 e. The number of ketones is 1. The Morgan fingerprint density at radius 1 is 0.811 bits per heavy atom. The quantitative estimate of drug-likeness (QED) is 0.271. The molecule has 3 aromatic rings. The van der Waals surface area contributed by atoms with E-state index >= 15 is 0 Å². The minimum absolute atomic E-state index is 0.117. The molecule has 9 nitrogen and oxygen atoms in total. The van der Waals surface area contributed by atoms with E-state index in [2.05, 4.69) is 15.4 Å². The molecule has 0 atom stereocenters. The number of hydrogen-bond acceptors (Lipinski definition) is 7. The summed E-state index contributed by atoms with van der Waals surface area (Å²) in [7, 11) is 1.22. The van der Waals surface area contributed by atoms with Crippen molar-refractivity contribution in [1.82, 2.24) is 0 Å². The maximum absolute atomic E-state index is 13.0. The van der Waals surface area contributed by atoms with E-state index in [4.69, 9.17) is 11.6 Å². The Labute approximate surface area is 216 Å². The third-order valence-corrected chi connectivity index (χ3v) is 5.85. The summed E-state index contributed by atoms with van der Waals surface area (Å²) in [6.45, 7) is 1.44. The molecule has 0 unspecified atom stereocenters. The molecule has 0 aliphatic carbocycles. The molecule has 1 aliphatic rings. The number of imide groups is 1. The number of amides is 3. The van der Waals surface area contributed by atoms with Crippen LogP contribution in [0.3, 0.4) is 0 Å². The van der Waals surface area contributed by atoms with Crippen LogP contribution in [-0.4, -0.2) is 36.6 Å². The molecule has 0 spiro atoms. The number of nitrogens with one attached hydrogen (secondary N) is 2. The maximum atomic E-state index is 13.0. The van der Waals surface area contributed by atoms with E-state index in [0.717, 1.165) is 4.90 Å². The van der Waals surface area contributed by atoms with Crippen molar-refractivity contribution in [2.24, 2.45) is 0 Å². The van der Waals surface area contributed by atoms with Crippen molar-refractivity contribution in [1.29, 1.82) is 0 Å². The van der Waals surface area contributed by atoms with Crippen molar-refractivity contribution in [3.05, 3.63) is 100 Å². The summed E-state index contributed by atoms with van der Waals surface area (Å²) in [5, 5.41) is 5.24. The molecule has 3 aromatic carbocycles. The third kappa shape index (κ3) is 5.26. The number of carbonyl (C=O) groups is 5. The van der Waals surface area contributed by atoms with E-state index < -0.39 is 23.7 Å². The maximum Gasteiger partial charge on any atom is 0.337 e. The third-order valence-electron chi connectivity index (χ3n) is 5.50. The van der Waals surface area contributed by atoms with Gasteiger partial charge in [-0.05, 0) is 61.5 Å².